The standard InChI is InChI=1S/C14H19NO3/c1-4-17-13(16)11-10(2)5-8-15-12(11)18-9-14(3)6-7-14/h5,8H,4,6-7,9H2,1-3H3. The van der Waals surface area contributed by atoms with Gasteiger partial charge in [0.25, 0.3) is 0 Å². The van der Waals surface area contributed by atoms with Gasteiger partial charge in [-0.3, -0.25) is 0 Å². The fourth-order valence-corrected chi connectivity index (χ4v) is 1.69. The van der Waals surface area contributed by atoms with E-state index in [4.69, 9.17) is 9.47 Å². The molecule has 4 nitrogen and oxygen atoms in total. The van der Waals surface area contributed by atoms with Crippen LogP contribution in [0.2, 0.25) is 0 Å². The van der Waals surface area contributed by atoms with Gasteiger partial charge in [0.2, 0.25) is 5.88 Å². The van der Waals surface area contributed by atoms with E-state index >= 15 is 0 Å². The molecule has 4 heteroatoms. The molecule has 1 heterocycles. The second-order valence-corrected chi connectivity index (χ2v) is 5.13. The molecule has 0 radical (unpaired) electrons. The Balaban J connectivity index is 2.17. The topological polar surface area (TPSA) is 48.4 Å². The summed E-state index contributed by atoms with van der Waals surface area (Å²) in [4.78, 5) is 16.0. The van der Waals surface area contributed by atoms with Crippen LogP contribution in [0.1, 0.15) is 42.6 Å². The van der Waals surface area contributed by atoms with E-state index in [1.54, 1.807) is 19.2 Å². The average molecular weight is 249 g/mol. The molecule has 0 atom stereocenters. The minimum absolute atomic E-state index is 0.261. The summed E-state index contributed by atoms with van der Waals surface area (Å²) >= 11 is 0. The van der Waals surface area contributed by atoms with E-state index in [1.807, 2.05) is 6.92 Å². The van der Waals surface area contributed by atoms with Crippen molar-refractivity contribution >= 4 is 5.97 Å². The van der Waals surface area contributed by atoms with Crippen molar-refractivity contribution in [2.75, 3.05) is 13.2 Å². The number of rotatable bonds is 5. The highest BCUT2D eigenvalue weighted by Gasteiger charge is 2.38. The lowest BCUT2D eigenvalue weighted by molar-refractivity contribution is 0.0518. The summed E-state index contributed by atoms with van der Waals surface area (Å²) in [7, 11) is 0. The van der Waals surface area contributed by atoms with Crippen LogP contribution >= 0.6 is 0 Å². The van der Waals surface area contributed by atoms with Gasteiger partial charge < -0.3 is 9.47 Å². The number of nitrogens with zero attached hydrogens (tertiary/aromatic N) is 1. The predicted octanol–water partition coefficient (Wildman–Crippen LogP) is 2.75. The van der Waals surface area contributed by atoms with Gasteiger partial charge in [0.05, 0.1) is 13.2 Å². The molecule has 0 saturated heterocycles. The van der Waals surface area contributed by atoms with Gasteiger partial charge >= 0.3 is 5.97 Å². The SMILES string of the molecule is CCOC(=O)c1c(C)ccnc1OCC1(C)CC1. The molecule has 1 aromatic heterocycles. The summed E-state index contributed by atoms with van der Waals surface area (Å²) in [6.45, 7) is 6.78. The molecule has 0 unspecified atom stereocenters. The highest BCUT2D eigenvalue weighted by molar-refractivity contribution is 5.93. The maximum Gasteiger partial charge on any atom is 0.343 e. The Morgan fingerprint density at radius 3 is 2.83 bits per heavy atom. The molecule has 1 saturated carbocycles. The first kappa shape index (κ1) is 12.9. The van der Waals surface area contributed by atoms with Gasteiger partial charge in [-0.1, -0.05) is 6.92 Å². The smallest absolute Gasteiger partial charge is 0.343 e. The molecule has 0 amide bonds. The Morgan fingerprint density at radius 1 is 1.50 bits per heavy atom. The summed E-state index contributed by atoms with van der Waals surface area (Å²) in [5, 5.41) is 0. The molecule has 0 N–H and O–H groups in total. The van der Waals surface area contributed by atoms with Crippen LogP contribution in [0.25, 0.3) is 0 Å². The van der Waals surface area contributed by atoms with Crippen molar-refractivity contribution in [3.05, 3.63) is 23.4 Å². The summed E-state index contributed by atoms with van der Waals surface area (Å²) < 4.78 is 10.7. The Kier molecular flexibility index (Phi) is 3.55. The van der Waals surface area contributed by atoms with Crippen molar-refractivity contribution in [1.82, 2.24) is 4.98 Å². The average Bonchev–Trinajstić information content (AvgIpc) is 3.05. The highest BCUT2D eigenvalue weighted by atomic mass is 16.5. The number of carbonyl (C=O) groups excluding carboxylic acids is 1. The third kappa shape index (κ3) is 2.81. The van der Waals surface area contributed by atoms with Gasteiger partial charge in [-0.2, -0.15) is 0 Å². The molecule has 0 bridgehead atoms. The quantitative estimate of drug-likeness (QED) is 0.753. The Morgan fingerprint density at radius 2 is 2.22 bits per heavy atom. The van der Waals surface area contributed by atoms with Crippen LogP contribution in [-0.2, 0) is 4.74 Å². The lowest BCUT2D eigenvalue weighted by Gasteiger charge is -2.14. The molecule has 1 aromatic rings. The van der Waals surface area contributed by atoms with Crippen LogP contribution in [0.4, 0.5) is 0 Å². The highest BCUT2D eigenvalue weighted by Crippen LogP contribution is 2.45. The van der Waals surface area contributed by atoms with Gasteiger partial charge in [0.15, 0.2) is 0 Å². The lowest BCUT2D eigenvalue weighted by Crippen LogP contribution is -2.15. The maximum absolute atomic E-state index is 11.9. The van der Waals surface area contributed by atoms with Crippen molar-refractivity contribution < 1.29 is 14.3 Å². The van der Waals surface area contributed by atoms with Crippen LogP contribution in [0.15, 0.2) is 12.3 Å². The molecular weight excluding hydrogens is 230 g/mol. The predicted molar refractivity (Wildman–Crippen MR) is 67.8 cm³/mol. The lowest BCUT2D eigenvalue weighted by atomic mass is 10.1. The second-order valence-electron chi connectivity index (χ2n) is 5.13. The van der Waals surface area contributed by atoms with Crippen LogP contribution < -0.4 is 4.74 Å². The van der Waals surface area contributed by atoms with Crippen LogP contribution in [0, 0.1) is 12.3 Å². The van der Waals surface area contributed by atoms with Gasteiger partial charge in [0, 0.05) is 11.6 Å². The summed E-state index contributed by atoms with van der Waals surface area (Å²) in [6, 6.07) is 1.79. The van der Waals surface area contributed by atoms with E-state index in [0.717, 1.165) is 5.56 Å². The zero-order valence-electron chi connectivity index (χ0n) is 11.2. The van der Waals surface area contributed by atoms with Crippen molar-refractivity contribution in [3.63, 3.8) is 0 Å². The molecule has 98 valence electrons. The summed E-state index contributed by atoms with van der Waals surface area (Å²) in [6.07, 6.45) is 4.00. The van der Waals surface area contributed by atoms with Crippen molar-refractivity contribution in [2.24, 2.45) is 5.41 Å². The number of esters is 1. The molecule has 0 aromatic carbocycles. The molecule has 1 aliphatic carbocycles. The first-order valence-corrected chi connectivity index (χ1v) is 6.31. The molecule has 18 heavy (non-hydrogen) atoms. The van der Waals surface area contributed by atoms with E-state index in [0.29, 0.717) is 24.7 Å². The zero-order valence-corrected chi connectivity index (χ0v) is 11.2. The van der Waals surface area contributed by atoms with Crippen molar-refractivity contribution in [1.29, 1.82) is 0 Å². The maximum atomic E-state index is 11.9. The van der Waals surface area contributed by atoms with Gasteiger partial charge in [0.1, 0.15) is 5.56 Å². The van der Waals surface area contributed by atoms with Crippen molar-refractivity contribution in [2.45, 2.75) is 33.6 Å². The second kappa shape index (κ2) is 4.96. The minimum Gasteiger partial charge on any atom is -0.476 e. The van der Waals surface area contributed by atoms with E-state index in [2.05, 4.69) is 11.9 Å². The molecule has 0 aliphatic heterocycles. The number of carbonyl (C=O) groups is 1. The van der Waals surface area contributed by atoms with Gasteiger partial charge in [-0.25, -0.2) is 9.78 Å². The number of hydrogen-bond donors (Lipinski definition) is 0. The number of hydrogen-bond acceptors (Lipinski definition) is 4. The van der Waals surface area contributed by atoms with E-state index in [9.17, 15) is 4.79 Å². The summed E-state index contributed by atoms with van der Waals surface area (Å²) in [5.41, 5.74) is 1.54. The number of ether oxygens (including phenoxy) is 2. The normalized spacial score (nSPS) is 16.2. The number of pyridine rings is 1. The van der Waals surface area contributed by atoms with Gasteiger partial charge in [-0.05, 0) is 38.3 Å². The fourth-order valence-electron chi connectivity index (χ4n) is 1.69. The number of aryl methyl sites for hydroxylation is 1. The van der Waals surface area contributed by atoms with E-state index < -0.39 is 0 Å². The van der Waals surface area contributed by atoms with Crippen LogP contribution in [0.5, 0.6) is 5.88 Å². The number of aromatic nitrogens is 1. The zero-order chi connectivity index (χ0) is 13.2. The third-order valence-electron chi connectivity index (χ3n) is 3.26. The van der Waals surface area contributed by atoms with E-state index in [-0.39, 0.29) is 11.4 Å². The molecule has 0 spiro atoms. The van der Waals surface area contributed by atoms with Gasteiger partial charge in [-0.15, -0.1) is 0 Å². The largest absolute Gasteiger partial charge is 0.476 e. The van der Waals surface area contributed by atoms with Crippen LogP contribution in [-0.4, -0.2) is 24.2 Å². The molecule has 2 rings (SSSR count). The Hall–Kier alpha value is -1.58. The summed E-state index contributed by atoms with van der Waals surface area (Å²) in [5.74, 6) is 0.0284. The first-order chi connectivity index (χ1) is 8.56. The van der Waals surface area contributed by atoms with Crippen molar-refractivity contribution in [3.8, 4) is 5.88 Å². The first-order valence-electron chi connectivity index (χ1n) is 6.31. The minimum atomic E-state index is -0.362. The van der Waals surface area contributed by atoms with E-state index in [1.165, 1.54) is 12.8 Å². The third-order valence-corrected chi connectivity index (χ3v) is 3.26. The monoisotopic (exact) mass is 249 g/mol. The Bertz CT molecular complexity index is 452. The molecular formula is C14H19NO3. The Labute approximate surface area is 107 Å². The van der Waals surface area contributed by atoms with Crippen LogP contribution in [0.3, 0.4) is 0 Å². The fraction of sp³-hybridized carbons (Fsp3) is 0.571. The molecule has 1 aliphatic rings. The molecule has 1 fully saturated rings.